The van der Waals surface area contributed by atoms with Crippen LogP contribution in [0.5, 0.6) is 0 Å². The monoisotopic (exact) mass is 493 g/mol. The maximum Gasteiger partial charge on any atom is 0.416 e. The van der Waals surface area contributed by atoms with Crippen molar-refractivity contribution in [2.24, 2.45) is 7.05 Å². The van der Waals surface area contributed by atoms with Crippen molar-refractivity contribution in [1.29, 1.82) is 0 Å². The zero-order valence-electron chi connectivity index (χ0n) is 17.5. The topological polar surface area (TPSA) is 71.8 Å². The molecule has 0 unspecified atom stereocenters. The fraction of sp³-hybridized carbons (Fsp3) is 0.450. The van der Waals surface area contributed by atoms with Crippen molar-refractivity contribution in [3.05, 3.63) is 52.3 Å². The van der Waals surface area contributed by atoms with Crippen LogP contribution in [-0.4, -0.2) is 61.4 Å². The van der Waals surface area contributed by atoms with Crippen LogP contribution >= 0.6 is 11.6 Å². The molecule has 32 heavy (non-hydrogen) atoms. The Labute approximate surface area is 189 Å². The highest BCUT2D eigenvalue weighted by Crippen LogP contribution is 2.34. The highest BCUT2D eigenvalue weighted by molar-refractivity contribution is 7.89. The average Bonchev–Trinajstić information content (AvgIpc) is 2.92. The van der Waals surface area contributed by atoms with Crippen molar-refractivity contribution in [2.75, 3.05) is 33.3 Å². The quantitative estimate of drug-likeness (QED) is 0.597. The molecule has 1 fully saturated rings. The number of hydrogen-bond acceptors (Lipinski definition) is 5. The molecular formula is C20H23ClF3N3O4S. The van der Waals surface area contributed by atoms with Crippen LogP contribution in [0.1, 0.15) is 28.0 Å². The second kappa shape index (κ2) is 9.42. The molecule has 1 aromatic carbocycles. The Morgan fingerprint density at radius 2 is 1.88 bits per heavy atom. The molecule has 1 aliphatic heterocycles. The van der Waals surface area contributed by atoms with Gasteiger partial charge in [0.05, 0.1) is 17.7 Å². The number of carbonyl (C=O) groups excluding carboxylic acids is 1. The third-order valence-electron chi connectivity index (χ3n) is 5.29. The fourth-order valence-corrected chi connectivity index (χ4v) is 5.64. The van der Waals surface area contributed by atoms with E-state index in [1.54, 1.807) is 17.7 Å². The standard InChI is InChI=1S/C20H23ClF3N3O4S/c1-25-12-14(10-17(25)19(28)31-2)13-26-6-3-7-27(9-8-26)32(29,30)18-5-4-15(11-16(18)21)20(22,23)24/h4-5,10-12H,3,6-9,13H2,1-2H3. The molecule has 1 saturated heterocycles. The number of ether oxygens (including phenoxy) is 1. The number of carbonyl (C=O) groups is 1. The Morgan fingerprint density at radius 1 is 1.16 bits per heavy atom. The average molecular weight is 494 g/mol. The number of nitrogens with zero attached hydrogens (tertiary/aromatic N) is 3. The minimum atomic E-state index is -4.61. The van der Waals surface area contributed by atoms with Gasteiger partial charge >= 0.3 is 12.1 Å². The maximum absolute atomic E-state index is 13.0. The van der Waals surface area contributed by atoms with E-state index in [-0.39, 0.29) is 18.0 Å². The van der Waals surface area contributed by atoms with Gasteiger partial charge in [-0.25, -0.2) is 13.2 Å². The van der Waals surface area contributed by atoms with Crippen LogP contribution in [0.2, 0.25) is 5.02 Å². The van der Waals surface area contributed by atoms with Gasteiger partial charge in [0, 0.05) is 39.4 Å². The van der Waals surface area contributed by atoms with Gasteiger partial charge in [-0.2, -0.15) is 17.5 Å². The summed E-state index contributed by atoms with van der Waals surface area (Å²) >= 11 is 5.91. The second-order valence-corrected chi connectivity index (χ2v) is 9.83. The SMILES string of the molecule is COC(=O)c1cc(CN2CCCN(S(=O)(=O)c3ccc(C(F)(F)F)cc3Cl)CC2)cn1C. The summed E-state index contributed by atoms with van der Waals surface area (Å²) in [5, 5.41) is -0.458. The Bertz CT molecular complexity index is 1100. The van der Waals surface area contributed by atoms with Crippen molar-refractivity contribution in [3.8, 4) is 0 Å². The van der Waals surface area contributed by atoms with E-state index in [0.717, 1.165) is 17.7 Å². The van der Waals surface area contributed by atoms with E-state index in [4.69, 9.17) is 16.3 Å². The van der Waals surface area contributed by atoms with Crippen LogP contribution in [0.3, 0.4) is 0 Å². The minimum absolute atomic E-state index is 0.163. The number of alkyl halides is 3. The molecule has 0 atom stereocenters. The van der Waals surface area contributed by atoms with Crippen LogP contribution in [0, 0.1) is 0 Å². The van der Waals surface area contributed by atoms with Crippen molar-refractivity contribution < 1.29 is 31.1 Å². The zero-order chi connectivity index (χ0) is 23.7. The molecule has 0 amide bonds. The first-order valence-corrected chi connectivity index (χ1v) is 11.6. The molecular weight excluding hydrogens is 471 g/mol. The first-order chi connectivity index (χ1) is 14.9. The second-order valence-electron chi connectivity index (χ2n) is 7.51. The molecule has 0 bridgehead atoms. The van der Waals surface area contributed by atoms with Crippen LogP contribution < -0.4 is 0 Å². The molecule has 2 aromatic rings. The lowest BCUT2D eigenvalue weighted by molar-refractivity contribution is -0.137. The highest BCUT2D eigenvalue weighted by Gasteiger charge is 2.34. The Balaban J connectivity index is 1.71. The summed E-state index contributed by atoms with van der Waals surface area (Å²) in [6, 6.07) is 3.98. The van der Waals surface area contributed by atoms with Crippen LogP contribution in [0.4, 0.5) is 13.2 Å². The van der Waals surface area contributed by atoms with E-state index in [0.29, 0.717) is 37.8 Å². The summed E-state index contributed by atoms with van der Waals surface area (Å²) in [5.41, 5.74) is 0.297. The number of esters is 1. The van der Waals surface area contributed by atoms with Crippen molar-refractivity contribution in [1.82, 2.24) is 13.8 Å². The maximum atomic E-state index is 13.0. The number of aromatic nitrogens is 1. The molecule has 0 aliphatic carbocycles. The lowest BCUT2D eigenvalue weighted by Crippen LogP contribution is -2.35. The third-order valence-corrected chi connectivity index (χ3v) is 7.67. The van der Waals surface area contributed by atoms with Crippen LogP contribution in [0.15, 0.2) is 35.4 Å². The Kier molecular flexibility index (Phi) is 7.23. The zero-order valence-corrected chi connectivity index (χ0v) is 19.1. The Morgan fingerprint density at radius 3 is 2.50 bits per heavy atom. The number of hydrogen-bond donors (Lipinski definition) is 0. The summed E-state index contributed by atoms with van der Waals surface area (Å²) in [5.74, 6) is -0.444. The lowest BCUT2D eigenvalue weighted by atomic mass is 10.2. The first-order valence-electron chi connectivity index (χ1n) is 9.76. The molecule has 0 radical (unpaired) electrons. The van der Waals surface area contributed by atoms with Gasteiger partial charge in [0.15, 0.2) is 0 Å². The van der Waals surface area contributed by atoms with E-state index in [9.17, 15) is 26.4 Å². The van der Waals surface area contributed by atoms with E-state index in [1.807, 2.05) is 6.20 Å². The van der Waals surface area contributed by atoms with Crippen molar-refractivity contribution >= 4 is 27.6 Å². The van der Waals surface area contributed by atoms with Gasteiger partial charge in [0.1, 0.15) is 10.6 Å². The number of sulfonamides is 1. The number of methoxy groups -OCH3 is 1. The first kappa shape index (κ1) is 24.6. The molecule has 3 rings (SSSR count). The number of halogens is 4. The number of benzene rings is 1. The summed E-state index contributed by atoms with van der Waals surface area (Å²) in [7, 11) is -1.01. The normalized spacial score (nSPS) is 16.7. The number of aryl methyl sites for hydroxylation is 1. The van der Waals surface area contributed by atoms with Crippen molar-refractivity contribution in [3.63, 3.8) is 0 Å². The molecule has 0 N–H and O–H groups in total. The van der Waals surface area contributed by atoms with E-state index >= 15 is 0 Å². The molecule has 7 nitrogen and oxygen atoms in total. The summed E-state index contributed by atoms with van der Waals surface area (Å²) in [6.45, 7) is 1.93. The molecule has 1 aliphatic rings. The highest BCUT2D eigenvalue weighted by atomic mass is 35.5. The van der Waals surface area contributed by atoms with Gasteiger partial charge in [0.2, 0.25) is 10.0 Å². The largest absolute Gasteiger partial charge is 0.464 e. The van der Waals surface area contributed by atoms with E-state index in [2.05, 4.69) is 4.90 Å². The van der Waals surface area contributed by atoms with Gasteiger partial charge in [0.25, 0.3) is 0 Å². The summed E-state index contributed by atoms with van der Waals surface area (Å²) < 4.78 is 72.3. The molecule has 0 saturated carbocycles. The van der Waals surface area contributed by atoms with Gasteiger partial charge < -0.3 is 9.30 Å². The van der Waals surface area contributed by atoms with Crippen LogP contribution in [-0.2, 0) is 34.5 Å². The number of rotatable bonds is 5. The molecule has 2 heterocycles. The predicted octanol–water partition coefficient (Wildman–Crippen LogP) is 3.38. The fourth-order valence-electron chi connectivity index (χ4n) is 3.66. The lowest BCUT2D eigenvalue weighted by Gasteiger charge is -2.22. The van der Waals surface area contributed by atoms with Crippen molar-refractivity contribution in [2.45, 2.75) is 24.0 Å². The predicted molar refractivity (Wildman–Crippen MR) is 112 cm³/mol. The van der Waals surface area contributed by atoms with Gasteiger partial charge in [-0.05, 0) is 42.8 Å². The summed E-state index contributed by atoms with van der Waals surface area (Å²) in [6.07, 6.45) is -2.26. The molecule has 12 heteroatoms. The van der Waals surface area contributed by atoms with Crippen LogP contribution in [0.25, 0.3) is 0 Å². The molecule has 1 aromatic heterocycles. The summed E-state index contributed by atoms with van der Waals surface area (Å²) in [4.78, 5) is 13.5. The van der Waals surface area contributed by atoms with E-state index in [1.165, 1.54) is 11.4 Å². The third kappa shape index (κ3) is 5.28. The molecule has 0 spiro atoms. The van der Waals surface area contributed by atoms with Gasteiger partial charge in [-0.15, -0.1) is 0 Å². The van der Waals surface area contributed by atoms with Gasteiger partial charge in [-0.1, -0.05) is 11.6 Å². The molecule has 176 valence electrons. The smallest absolute Gasteiger partial charge is 0.416 e. The van der Waals surface area contributed by atoms with E-state index < -0.39 is 32.8 Å². The Hall–Kier alpha value is -2.08. The minimum Gasteiger partial charge on any atom is -0.464 e. The van der Waals surface area contributed by atoms with Gasteiger partial charge in [-0.3, -0.25) is 4.90 Å².